The van der Waals surface area contributed by atoms with Gasteiger partial charge in [-0.25, -0.2) is 4.98 Å². The standard InChI is InChI=1S/C13H21BN4O4/c1-8(2)6-11(14(21)22)18-12(19)9(3)17-13(20)10-7-15-4-5-16-10/h4-5,7-9,11,21-22H,6H2,1-3H3,(H,17,20)(H,18,19)/t9-,11+/m1/s1. The lowest BCUT2D eigenvalue weighted by Crippen LogP contribution is -2.53. The summed E-state index contributed by atoms with van der Waals surface area (Å²) in [5.41, 5.74) is 0.100. The van der Waals surface area contributed by atoms with Crippen LogP contribution in [0.1, 0.15) is 37.7 Å². The highest BCUT2D eigenvalue weighted by Gasteiger charge is 2.28. The fourth-order valence-electron chi connectivity index (χ4n) is 1.82. The Morgan fingerprint density at radius 3 is 2.41 bits per heavy atom. The van der Waals surface area contributed by atoms with Crippen LogP contribution in [0.3, 0.4) is 0 Å². The first-order chi connectivity index (χ1) is 10.3. The van der Waals surface area contributed by atoms with E-state index in [1.54, 1.807) is 0 Å². The molecule has 8 nitrogen and oxygen atoms in total. The summed E-state index contributed by atoms with van der Waals surface area (Å²) in [6, 6.07) is -0.845. The number of amides is 2. The molecule has 0 fully saturated rings. The van der Waals surface area contributed by atoms with Crippen LogP contribution in [0.15, 0.2) is 18.6 Å². The molecule has 0 aromatic carbocycles. The van der Waals surface area contributed by atoms with Crippen molar-refractivity contribution in [1.29, 1.82) is 0 Å². The molecule has 0 aliphatic carbocycles. The summed E-state index contributed by atoms with van der Waals surface area (Å²) in [7, 11) is -1.66. The number of hydrogen-bond donors (Lipinski definition) is 4. The number of carbonyl (C=O) groups excluding carboxylic acids is 2. The van der Waals surface area contributed by atoms with E-state index in [-0.39, 0.29) is 11.6 Å². The molecule has 0 saturated carbocycles. The monoisotopic (exact) mass is 308 g/mol. The molecule has 4 N–H and O–H groups in total. The summed E-state index contributed by atoms with van der Waals surface area (Å²) in [5, 5.41) is 23.6. The molecule has 0 radical (unpaired) electrons. The average Bonchev–Trinajstić information content (AvgIpc) is 2.46. The van der Waals surface area contributed by atoms with Gasteiger partial charge in [0.25, 0.3) is 5.91 Å². The van der Waals surface area contributed by atoms with Gasteiger partial charge < -0.3 is 20.7 Å². The van der Waals surface area contributed by atoms with E-state index < -0.39 is 30.9 Å². The van der Waals surface area contributed by atoms with E-state index in [1.807, 2.05) is 13.8 Å². The van der Waals surface area contributed by atoms with E-state index in [0.29, 0.717) is 6.42 Å². The van der Waals surface area contributed by atoms with E-state index in [1.165, 1.54) is 25.5 Å². The first kappa shape index (κ1) is 18.1. The van der Waals surface area contributed by atoms with E-state index >= 15 is 0 Å². The van der Waals surface area contributed by atoms with Crippen molar-refractivity contribution in [3.8, 4) is 0 Å². The summed E-state index contributed by atoms with van der Waals surface area (Å²) in [4.78, 5) is 31.5. The maximum Gasteiger partial charge on any atom is 0.475 e. The van der Waals surface area contributed by atoms with Crippen LogP contribution in [0.25, 0.3) is 0 Å². The van der Waals surface area contributed by atoms with Crippen molar-refractivity contribution in [2.75, 3.05) is 0 Å². The highest BCUT2D eigenvalue weighted by molar-refractivity contribution is 6.43. The molecule has 0 unspecified atom stereocenters. The van der Waals surface area contributed by atoms with Crippen LogP contribution >= 0.6 is 0 Å². The second-order valence-electron chi connectivity index (χ2n) is 5.44. The van der Waals surface area contributed by atoms with Crippen molar-refractivity contribution >= 4 is 18.9 Å². The average molecular weight is 308 g/mol. The van der Waals surface area contributed by atoms with Crippen molar-refractivity contribution in [2.45, 2.75) is 39.2 Å². The van der Waals surface area contributed by atoms with Gasteiger partial charge in [0.05, 0.1) is 12.1 Å². The van der Waals surface area contributed by atoms with Gasteiger partial charge in [-0.3, -0.25) is 14.6 Å². The quantitative estimate of drug-likeness (QED) is 0.486. The molecule has 0 bridgehead atoms. The van der Waals surface area contributed by atoms with Gasteiger partial charge in [-0.2, -0.15) is 0 Å². The normalized spacial score (nSPS) is 13.4. The number of carbonyl (C=O) groups is 2. The SMILES string of the molecule is CC(C)C[C@H](NC(=O)[C@@H](C)NC(=O)c1cnccn1)B(O)O. The van der Waals surface area contributed by atoms with Crippen molar-refractivity contribution in [3.05, 3.63) is 24.3 Å². The van der Waals surface area contributed by atoms with Crippen LogP contribution in [-0.4, -0.2) is 50.9 Å². The Hall–Kier alpha value is -2.00. The van der Waals surface area contributed by atoms with E-state index in [4.69, 9.17) is 0 Å². The van der Waals surface area contributed by atoms with Crippen LogP contribution in [-0.2, 0) is 4.79 Å². The Morgan fingerprint density at radius 1 is 1.23 bits per heavy atom. The number of nitrogens with zero attached hydrogens (tertiary/aromatic N) is 2. The summed E-state index contributed by atoms with van der Waals surface area (Å²) < 4.78 is 0. The molecule has 1 aromatic heterocycles. The first-order valence-corrected chi connectivity index (χ1v) is 7.04. The van der Waals surface area contributed by atoms with Crippen LogP contribution in [0.5, 0.6) is 0 Å². The molecule has 1 heterocycles. The topological polar surface area (TPSA) is 124 Å². The number of nitrogens with one attached hydrogen (secondary N) is 2. The van der Waals surface area contributed by atoms with Gasteiger partial charge in [-0.05, 0) is 19.3 Å². The van der Waals surface area contributed by atoms with Crippen LogP contribution < -0.4 is 10.6 Å². The minimum Gasteiger partial charge on any atom is -0.426 e. The Morgan fingerprint density at radius 2 is 1.91 bits per heavy atom. The molecule has 120 valence electrons. The molecule has 1 rings (SSSR count). The predicted octanol–water partition coefficient (Wildman–Crippen LogP) is -0.862. The molecule has 0 saturated heterocycles. The second-order valence-corrected chi connectivity index (χ2v) is 5.44. The van der Waals surface area contributed by atoms with Crippen molar-refractivity contribution in [3.63, 3.8) is 0 Å². The van der Waals surface area contributed by atoms with Crippen LogP contribution in [0.4, 0.5) is 0 Å². The summed E-state index contributed by atoms with van der Waals surface area (Å²) in [5.74, 6) is -1.64. The highest BCUT2D eigenvalue weighted by atomic mass is 16.4. The predicted molar refractivity (Wildman–Crippen MR) is 80.5 cm³/mol. The minimum atomic E-state index is -1.66. The lowest BCUT2D eigenvalue weighted by Gasteiger charge is -2.22. The lowest BCUT2D eigenvalue weighted by atomic mass is 9.75. The first-order valence-electron chi connectivity index (χ1n) is 7.04. The fraction of sp³-hybridized carbons (Fsp3) is 0.538. The maximum atomic E-state index is 12.0. The van der Waals surface area contributed by atoms with Crippen LogP contribution in [0, 0.1) is 5.92 Å². The van der Waals surface area contributed by atoms with Gasteiger partial charge in [-0.15, -0.1) is 0 Å². The van der Waals surface area contributed by atoms with Gasteiger partial charge in [0.2, 0.25) is 5.91 Å². The number of hydrogen-bond acceptors (Lipinski definition) is 6. The molecule has 1 aromatic rings. The molecule has 22 heavy (non-hydrogen) atoms. The molecule has 0 aliphatic rings. The highest BCUT2D eigenvalue weighted by Crippen LogP contribution is 2.06. The molecule has 0 aliphatic heterocycles. The summed E-state index contributed by atoms with van der Waals surface area (Å²) >= 11 is 0. The molecular formula is C13H21BN4O4. The third-order valence-electron chi connectivity index (χ3n) is 2.95. The van der Waals surface area contributed by atoms with Crippen molar-refractivity contribution < 1.29 is 19.6 Å². The lowest BCUT2D eigenvalue weighted by molar-refractivity contribution is -0.123. The third-order valence-corrected chi connectivity index (χ3v) is 2.95. The van der Waals surface area contributed by atoms with Gasteiger partial charge >= 0.3 is 7.12 Å². The summed E-state index contributed by atoms with van der Waals surface area (Å²) in [6.07, 6.45) is 4.51. The Balaban J connectivity index is 2.59. The number of aromatic nitrogens is 2. The Labute approximate surface area is 129 Å². The molecule has 9 heteroatoms. The molecular weight excluding hydrogens is 287 g/mol. The zero-order valence-corrected chi connectivity index (χ0v) is 12.9. The van der Waals surface area contributed by atoms with Gasteiger partial charge in [-0.1, -0.05) is 13.8 Å². The molecule has 2 atom stereocenters. The van der Waals surface area contributed by atoms with E-state index in [2.05, 4.69) is 20.6 Å². The smallest absolute Gasteiger partial charge is 0.426 e. The van der Waals surface area contributed by atoms with Gasteiger partial charge in [0, 0.05) is 12.4 Å². The second kappa shape index (κ2) is 8.45. The van der Waals surface area contributed by atoms with Crippen molar-refractivity contribution in [2.24, 2.45) is 5.92 Å². The van der Waals surface area contributed by atoms with E-state index in [9.17, 15) is 19.6 Å². The Bertz CT molecular complexity index is 498. The number of rotatable bonds is 7. The largest absolute Gasteiger partial charge is 0.475 e. The summed E-state index contributed by atoms with van der Waals surface area (Å²) in [6.45, 7) is 5.31. The Kier molecular flexibility index (Phi) is 6.93. The third kappa shape index (κ3) is 5.78. The van der Waals surface area contributed by atoms with E-state index in [0.717, 1.165) is 0 Å². The fourth-order valence-corrected chi connectivity index (χ4v) is 1.82. The zero-order chi connectivity index (χ0) is 16.7. The zero-order valence-electron chi connectivity index (χ0n) is 12.9. The molecule has 2 amide bonds. The van der Waals surface area contributed by atoms with Crippen LogP contribution in [0.2, 0.25) is 0 Å². The van der Waals surface area contributed by atoms with Crippen molar-refractivity contribution in [1.82, 2.24) is 20.6 Å². The maximum absolute atomic E-state index is 12.0. The molecule has 0 spiro atoms. The van der Waals surface area contributed by atoms with Gasteiger partial charge in [0.15, 0.2) is 0 Å². The minimum absolute atomic E-state index is 0.100. The van der Waals surface area contributed by atoms with Gasteiger partial charge in [0.1, 0.15) is 11.7 Å².